The Hall–Kier alpha value is -1.97. The van der Waals surface area contributed by atoms with Crippen LogP contribution >= 0.6 is 23.1 Å². The van der Waals surface area contributed by atoms with Gasteiger partial charge in [0.1, 0.15) is 0 Å². The van der Waals surface area contributed by atoms with E-state index in [-0.39, 0.29) is 17.1 Å². The molecule has 0 aliphatic heterocycles. The topological polar surface area (TPSA) is 51.6 Å². The molecule has 26 heavy (non-hydrogen) atoms. The van der Waals surface area contributed by atoms with E-state index in [4.69, 9.17) is 9.47 Å². The zero-order chi connectivity index (χ0) is 18.9. The Morgan fingerprint density at radius 3 is 2.62 bits per heavy atom. The van der Waals surface area contributed by atoms with Crippen LogP contribution in [-0.4, -0.2) is 29.6 Å². The number of alkyl halides is 3. The van der Waals surface area contributed by atoms with Gasteiger partial charge in [0.05, 0.1) is 17.3 Å². The highest BCUT2D eigenvalue weighted by molar-refractivity contribution is 7.98. The number of para-hydroxylation sites is 1. The van der Waals surface area contributed by atoms with Gasteiger partial charge < -0.3 is 14.6 Å². The van der Waals surface area contributed by atoms with E-state index in [1.54, 1.807) is 11.8 Å². The number of rotatable bonds is 5. The smallest absolute Gasteiger partial charge is 0.418 e. The van der Waals surface area contributed by atoms with Crippen LogP contribution in [0.4, 0.5) is 13.2 Å². The third kappa shape index (κ3) is 3.74. The predicted octanol–water partition coefficient (Wildman–Crippen LogP) is 5.41. The van der Waals surface area contributed by atoms with Crippen LogP contribution in [0.25, 0.3) is 10.2 Å². The molecule has 1 atom stereocenters. The number of thiazole rings is 1. The largest absolute Gasteiger partial charge is 0.493 e. The van der Waals surface area contributed by atoms with Crippen molar-refractivity contribution in [2.24, 2.45) is 0 Å². The second-order valence-electron chi connectivity index (χ2n) is 5.24. The molecule has 1 unspecified atom stereocenters. The molecule has 1 aromatic heterocycles. The van der Waals surface area contributed by atoms with Crippen molar-refractivity contribution in [3.05, 3.63) is 42.0 Å². The van der Waals surface area contributed by atoms with E-state index >= 15 is 0 Å². The van der Waals surface area contributed by atoms with Crippen molar-refractivity contribution in [3.63, 3.8) is 0 Å². The highest BCUT2D eigenvalue weighted by Crippen LogP contribution is 2.40. The van der Waals surface area contributed by atoms with Gasteiger partial charge >= 0.3 is 6.18 Å². The van der Waals surface area contributed by atoms with E-state index in [0.717, 1.165) is 27.2 Å². The van der Waals surface area contributed by atoms with Crippen molar-refractivity contribution in [2.45, 2.75) is 17.2 Å². The average Bonchev–Trinajstić information content (AvgIpc) is 3.03. The Morgan fingerprint density at radius 2 is 1.96 bits per heavy atom. The summed E-state index contributed by atoms with van der Waals surface area (Å²) in [7, 11) is 1.32. The van der Waals surface area contributed by atoms with Gasteiger partial charge in [-0.05, 0) is 36.1 Å². The third-order valence-electron chi connectivity index (χ3n) is 3.59. The molecule has 4 nitrogen and oxygen atoms in total. The molecule has 3 rings (SSSR count). The van der Waals surface area contributed by atoms with Crippen LogP contribution in [0.1, 0.15) is 11.7 Å². The van der Waals surface area contributed by atoms with E-state index in [9.17, 15) is 18.3 Å². The first kappa shape index (κ1) is 18.8. The fraction of sp³-hybridized carbons (Fsp3) is 0.235. The number of nitrogens with zero attached hydrogens (tertiary/aromatic N) is 1. The first-order chi connectivity index (χ1) is 12.3. The third-order valence-corrected chi connectivity index (χ3v) is 5.26. The maximum Gasteiger partial charge on any atom is 0.418 e. The molecule has 0 fully saturated rings. The minimum Gasteiger partial charge on any atom is -0.493 e. The van der Waals surface area contributed by atoms with Gasteiger partial charge in [0.25, 0.3) is 5.19 Å². The number of methoxy groups -OCH3 is 1. The first-order valence-electron chi connectivity index (χ1n) is 7.37. The highest BCUT2D eigenvalue weighted by Gasteiger charge is 2.39. The maximum atomic E-state index is 12.7. The van der Waals surface area contributed by atoms with Gasteiger partial charge in [0.2, 0.25) is 0 Å². The van der Waals surface area contributed by atoms with Gasteiger partial charge in [0.15, 0.2) is 17.6 Å². The van der Waals surface area contributed by atoms with Crippen molar-refractivity contribution < 1.29 is 27.8 Å². The number of hydrogen-bond acceptors (Lipinski definition) is 6. The molecular weight excluding hydrogens is 387 g/mol. The molecule has 0 radical (unpaired) electrons. The molecule has 0 saturated carbocycles. The fourth-order valence-corrected chi connectivity index (χ4v) is 3.82. The normalized spacial score (nSPS) is 13.0. The summed E-state index contributed by atoms with van der Waals surface area (Å²) in [4.78, 5) is 5.45. The number of thioether (sulfide) groups is 1. The van der Waals surface area contributed by atoms with Crippen LogP contribution in [-0.2, 0) is 0 Å². The number of aliphatic hydroxyl groups is 1. The number of halogens is 3. The molecule has 1 N–H and O–H groups in total. The van der Waals surface area contributed by atoms with Crippen LogP contribution in [0.3, 0.4) is 0 Å². The van der Waals surface area contributed by atoms with Crippen LogP contribution in [0.15, 0.2) is 41.3 Å². The summed E-state index contributed by atoms with van der Waals surface area (Å²) in [5.41, 5.74) is 0.485. The summed E-state index contributed by atoms with van der Waals surface area (Å²) in [6, 6.07) is 9.36. The standard InChI is InChI=1S/C17H14F3NO3S2/c1-23-11-8-9(15(22)17(18,19)20)6-7-10(11)24-16-21-14-12(25-2)4-3-5-13(14)26-16/h3-8,15,22H,1-2H3. The molecule has 0 spiro atoms. The molecule has 0 aliphatic rings. The van der Waals surface area contributed by atoms with Crippen LogP contribution < -0.4 is 9.47 Å². The summed E-state index contributed by atoms with van der Waals surface area (Å²) in [6.45, 7) is 0. The lowest BCUT2D eigenvalue weighted by Gasteiger charge is -2.16. The van der Waals surface area contributed by atoms with Crippen molar-refractivity contribution in [2.75, 3.05) is 13.4 Å². The van der Waals surface area contributed by atoms with Crippen molar-refractivity contribution in [1.82, 2.24) is 4.98 Å². The summed E-state index contributed by atoms with van der Waals surface area (Å²) in [5, 5.41) is 9.73. The number of hydrogen-bond donors (Lipinski definition) is 1. The summed E-state index contributed by atoms with van der Waals surface area (Å²) >= 11 is 2.89. The average molecular weight is 401 g/mol. The molecule has 2 aromatic carbocycles. The summed E-state index contributed by atoms with van der Waals surface area (Å²) < 4.78 is 49.8. The predicted molar refractivity (Wildman–Crippen MR) is 95.5 cm³/mol. The number of fused-ring (bicyclic) bond motifs is 1. The molecule has 0 aliphatic carbocycles. The van der Waals surface area contributed by atoms with E-state index < -0.39 is 12.3 Å². The quantitative estimate of drug-likeness (QED) is 0.579. The van der Waals surface area contributed by atoms with Crippen molar-refractivity contribution >= 4 is 33.3 Å². The lowest BCUT2D eigenvalue weighted by molar-refractivity contribution is -0.206. The van der Waals surface area contributed by atoms with Gasteiger partial charge in [-0.15, -0.1) is 11.8 Å². The first-order valence-corrected chi connectivity index (χ1v) is 9.41. The van der Waals surface area contributed by atoms with Gasteiger partial charge in [0, 0.05) is 4.90 Å². The monoisotopic (exact) mass is 401 g/mol. The van der Waals surface area contributed by atoms with Crippen LogP contribution in [0, 0.1) is 0 Å². The molecule has 0 saturated heterocycles. The second kappa shape index (κ2) is 7.34. The van der Waals surface area contributed by atoms with E-state index in [1.807, 2.05) is 24.5 Å². The molecule has 0 amide bonds. The fourth-order valence-electron chi connectivity index (χ4n) is 2.33. The molecular formula is C17H14F3NO3S2. The SMILES string of the molecule is COc1cc(C(O)C(F)(F)F)ccc1Oc1nc2c(SC)cccc2s1. The molecule has 0 bridgehead atoms. The zero-order valence-electron chi connectivity index (χ0n) is 13.7. The number of benzene rings is 2. The van der Waals surface area contributed by atoms with Gasteiger partial charge in [-0.3, -0.25) is 0 Å². The molecule has 138 valence electrons. The van der Waals surface area contributed by atoms with E-state index in [1.165, 1.54) is 24.5 Å². The number of ether oxygens (including phenoxy) is 2. The Balaban J connectivity index is 1.92. The molecule has 1 heterocycles. The number of aromatic nitrogens is 1. The minimum absolute atomic E-state index is 0.0788. The molecule has 3 aromatic rings. The lowest BCUT2D eigenvalue weighted by atomic mass is 10.1. The summed E-state index contributed by atoms with van der Waals surface area (Å²) in [5.74, 6) is 0.297. The Bertz CT molecular complexity index is 927. The van der Waals surface area contributed by atoms with Crippen molar-refractivity contribution in [1.29, 1.82) is 0 Å². The van der Waals surface area contributed by atoms with Crippen molar-refractivity contribution in [3.8, 4) is 16.7 Å². The Kier molecular flexibility index (Phi) is 5.31. The van der Waals surface area contributed by atoms with E-state index in [0.29, 0.717) is 5.19 Å². The van der Waals surface area contributed by atoms with Gasteiger partial charge in [-0.25, -0.2) is 4.98 Å². The molecule has 9 heteroatoms. The summed E-state index contributed by atoms with van der Waals surface area (Å²) in [6.07, 6.45) is -5.39. The minimum atomic E-state index is -4.76. The highest BCUT2D eigenvalue weighted by atomic mass is 32.2. The number of aliphatic hydroxyl groups excluding tert-OH is 1. The lowest BCUT2D eigenvalue weighted by Crippen LogP contribution is -2.20. The Morgan fingerprint density at radius 1 is 1.19 bits per heavy atom. The second-order valence-corrected chi connectivity index (χ2v) is 7.08. The van der Waals surface area contributed by atoms with Gasteiger partial charge in [-0.2, -0.15) is 13.2 Å². The maximum absolute atomic E-state index is 12.7. The Labute approximate surface area is 155 Å². The van der Waals surface area contributed by atoms with E-state index in [2.05, 4.69) is 4.98 Å². The van der Waals surface area contributed by atoms with Gasteiger partial charge in [-0.1, -0.05) is 23.5 Å². The zero-order valence-corrected chi connectivity index (χ0v) is 15.3. The van der Waals surface area contributed by atoms with Crippen LogP contribution in [0.5, 0.6) is 16.7 Å². The van der Waals surface area contributed by atoms with Crippen LogP contribution in [0.2, 0.25) is 0 Å².